The van der Waals surface area contributed by atoms with Crippen LogP contribution in [-0.2, 0) is 0 Å². The van der Waals surface area contributed by atoms with Crippen LogP contribution in [0.15, 0.2) is 0 Å². The molecule has 0 bridgehead atoms. The Morgan fingerprint density at radius 3 is 1.25 bits per heavy atom. The van der Waals surface area contributed by atoms with Gasteiger partial charge < -0.3 is 8.97 Å². The fraction of sp³-hybridized carbons (Fsp3) is 1.00. The number of hydrogen-bond donors (Lipinski definition) is 0. The number of hydrogen-bond acceptors (Lipinski definition) is 1. The summed E-state index contributed by atoms with van der Waals surface area (Å²) in [6.07, 6.45) is 2.59. The molecule has 3 heteroatoms. The summed E-state index contributed by atoms with van der Waals surface area (Å²) >= 11 is 0. The van der Waals surface area contributed by atoms with Gasteiger partial charge in [-0.3, -0.25) is 0 Å². The second kappa shape index (κ2) is 6.58. The first kappa shape index (κ1) is 15.9. The zero-order valence-corrected chi connectivity index (χ0v) is 12.6. The van der Waals surface area contributed by atoms with Crippen LogP contribution in [0, 0.1) is 0 Å². The summed E-state index contributed by atoms with van der Waals surface area (Å²) < 4.78 is 2.15. The summed E-state index contributed by atoms with van der Waals surface area (Å²) in [5.41, 5.74) is 0. The molecule has 0 atom stereocenters. The van der Waals surface area contributed by atoms with Gasteiger partial charge in [-0.2, -0.15) is 4.90 Å². The Bertz CT molecular complexity index is 157. The maximum atomic E-state index is 2.46. The SMILES string of the molecule is C[N+](CCC[N+](C)(C)C)CCC[N+](C)(C)C. The summed E-state index contributed by atoms with van der Waals surface area (Å²) in [6, 6.07) is 0. The van der Waals surface area contributed by atoms with Crippen LogP contribution in [0.5, 0.6) is 0 Å². The van der Waals surface area contributed by atoms with Crippen LogP contribution in [0.2, 0.25) is 0 Å². The van der Waals surface area contributed by atoms with Crippen LogP contribution >= 0.6 is 0 Å². The lowest BCUT2D eigenvalue weighted by atomic mass is 10.3. The fourth-order valence-electron chi connectivity index (χ4n) is 1.74. The fourth-order valence-corrected chi connectivity index (χ4v) is 1.74. The van der Waals surface area contributed by atoms with E-state index in [1.54, 1.807) is 0 Å². The first-order valence-electron chi connectivity index (χ1n) is 6.40. The molecule has 0 spiro atoms. The van der Waals surface area contributed by atoms with Crippen molar-refractivity contribution < 1.29 is 8.97 Å². The lowest BCUT2D eigenvalue weighted by Gasteiger charge is -2.24. The highest BCUT2D eigenvalue weighted by molar-refractivity contribution is 4.57. The van der Waals surface area contributed by atoms with Crippen molar-refractivity contribution in [2.24, 2.45) is 0 Å². The first-order valence-corrected chi connectivity index (χ1v) is 6.40. The highest BCUT2D eigenvalue weighted by Crippen LogP contribution is 1.97. The third kappa shape index (κ3) is 12.0. The molecule has 0 saturated heterocycles. The number of rotatable bonds is 8. The van der Waals surface area contributed by atoms with Gasteiger partial charge in [-0.15, -0.1) is 0 Å². The van der Waals surface area contributed by atoms with Crippen molar-refractivity contribution in [2.75, 3.05) is 75.5 Å². The van der Waals surface area contributed by atoms with Crippen molar-refractivity contribution in [3.05, 3.63) is 0 Å². The van der Waals surface area contributed by atoms with Gasteiger partial charge in [0.25, 0.3) is 0 Å². The predicted octanol–water partition coefficient (Wildman–Crippen LogP) is 0.949. The largest absolute Gasteiger partial charge is 0.331 e. The van der Waals surface area contributed by atoms with Crippen molar-refractivity contribution in [2.45, 2.75) is 12.8 Å². The summed E-state index contributed by atoms with van der Waals surface area (Å²) in [5.74, 6) is 0. The minimum Gasteiger partial charge on any atom is -0.331 e. The van der Waals surface area contributed by atoms with E-state index >= 15 is 0 Å². The Labute approximate surface area is 103 Å². The summed E-state index contributed by atoms with van der Waals surface area (Å²) in [6.45, 7) is 4.98. The van der Waals surface area contributed by atoms with Gasteiger partial charge in [0.05, 0.1) is 68.2 Å². The zero-order chi connectivity index (χ0) is 12.8. The molecule has 0 aliphatic rings. The molecule has 0 heterocycles. The Hall–Kier alpha value is -0.120. The second-order valence-electron chi connectivity index (χ2n) is 7.04. The maximum Gasteiger partial charge on any atom is 0.127 e. The van der Waals surface area contributed by atoms with Gasteiger partial charge in [0.15, 0.2) is 0 Å². The quantitative estimate of drug-likeness (QED) is 0.433. The van der Waals surface area contributed by atoms with E-state index in [9.17, 15) is 0 Å². The second-order valence-corrected chi connectivity index (χ2v) is 7.04. The Balaban J connectivity index is 3.49. The predicted molar refractivity (Wildman–Crippen MR) is 72.8 cm³/mol. The Morgan fingerprint density at radius 2 is 1.00 bits per heavy atom. The third-order valence-corrected chi connectivity index (χ3v) is 2.74. The zero-order valence-electron chi connectivity index (χ0n) is 12.6. The molecule has 0 unspecified atom stereocenters. The third-order valence-electron chi connectivity index (χ3n) is 2.74. The van der Waals surface area contributed by atoms with Crippen LogP contribution < -0.4 is 4.90 Å². The lowest BCUT2D eigenvalue weighted by molar-refractivity contribution is -0.870. The summed E-state index contributed by atoms with van der Waals surface area (Å²) in [4.78, 5) is 2.46. The van der Waals surface area contributed by atoms with Crippen LogP contribution in [-0.4, -0.2) is 84.5 Å². The van der Waals surface area contributed by atoms with E-state index in [0.717, 1.165) is 8.97 Å². The van der Waals surface area contributed by atoms with E-state index in [-0.39, 0.29) is 0 Å². The highest BCUT2D eigenvalue weighted by atomic mass is 15.3. The maximum absolute atomic E-state index is 2.46. The molecule has 0 aromatic carbocycles. The molecule has 0 aliphatic heterocycles. The molecule has 97 valence electrons. The minimum atomic E-state index is 1.08. The van der Waals surface area contributed by atoms with Gasteiger partial charge in [-0.1, -0.05) is 0 Å². The van der Waals surface area contributed by atoms with Crippen molar-refractivity contribution in [1.29, 1.82) is 0 Å². The van der Waals surface area contributed by atoms with Crippen molar-refractivity contribution in [1.82, 2.24) is 4.90 Å². The molecule has 3 nitrogen and oxygen atoms in total. The number of nitrogens with zero attached hydrogens (tertiary/aromatic N) is 3. The molecule has 0 aromatic heterocycles. The molecule has 0 aromatic rings. The van der Waals surface area contributed by atoms with Gasteiger partial charge in [0.1, 0.15) is 20.1 Å². The summed E-state index contributed by atoms with van der Waals surface area (Å²) in [7, 11) is 15.8. The van der Waals surface area contributed by atoms with E-state index in [0.29, 0.717) is 0 Å². The molecule has 0 amide bonds. The molecular weight excluding hydrogens is 198 g/mol. The Morgan fingerprint density at radius 1 is 0.688 bits per heavy atom. The van der Waals surface area contributed by atoms with E-state index < -0.39 is 0 Å². The average Bonchev–Trinajstić information content (AvgIpc) is 1.98. The minimum absolute atomic E-state index is 1.08. The first-order chi connectivity index (χ1) is 7.10. The standard InChI is InChI=1S/C13H33N3/c1-14(10-8-12-15(2,3)4)11-9-13-16(5,6)7/h8-13H2,1-7H3/q+3. The van der Waals surface area contributed by atoms with Crippen LogP contribution in [0.1, 0.15) is 12.8 Å². The van der Waals surface area contributed by atoms with Crippen molar-refractivity contribution >= 4 is 0 Å². The molecule has 1 radical (unpaired) electrons. The lowest BCUT2D eigenvalue weighted by Crippen LogP contribution is -2.40. The van der Waals surface area contributed by atoms with E-state index in [2.05, 4.69) is 54.2 Å². The Kier molecular flexibility index (Phi) is 6.53. The molecule has 0 N–H and O–H groups in total. The van der Waals surface area contributed by atoms with Crippen molar-refractivity contribution in [3.8, 4) is 0 Å². The van der Waals surface area contributed by atoms with Crippen LogP contribution in [0.4, 0.5) is 0 Å². The molecule has 0 fully saturated rings. The topological polar surface area (TPSA) is 5.90 Å². The van der Waals surface area contributed by atoms with Crippen molar-refractivity contribution in [3.63, 3.8) is 0 Å². The summed E-state index contributed by atoms with van der Waals surface area (Å²) in [5, 5.41) is 0. The van der Waals surface area contributed by atoms with Gasteiger partial charge >= 0.3 is 0 Å². The van der Waals surface area contributed by atoms with E-state index in [1.165, 1.54) is 39.0 Å². The van der Waals surface area contributed by atoms with E-state index in [1.807, 2.05) is 0 Å². The van der Waals surface area contributed by atoms with Gasteiger partial charge in [-0.05, 0) is 0 Å². The number of quaternary nitrogens is 2. The smallest absolute Gasteiger partial charge is 0.127 e. The highest BCUT2D eigenvalue weighted by Gasteiger charge is 2.14. The van der Waals surface area contributed by atoms with Crippen LogP contribution in [0.25, 0.3) is 0 Å². The monoisotopic (exact) mass is 231 g/mol. The molecule has 0 rings (SSSR count). The average molecular weight is 231 g/mol. The van der Waals surface area contributed by atoms with Gasteiger partial charge in [0.2, 0.25) is 0 Å². The van der Waals surface area contributed by atoms with Gasteiger partial charge in [0, 0.05) is 0 Å². The van der Waals surface area contributed by atoms with E-state index in [4.69, 9.17) is 0 Å². The molecule has 16 heavy (non-hydrogen) atoms. The normalized spacial score (nSPS) is 13.5. The molecular formula is C13H33N3+3. The molecule has 0 aliphatic carbocycles. The molecule has 0 saturated carbocycles. The van der Waals surface area contributed by atoms with Crippen LogP contribution in [0.3, 0.4) is 0 Å². The van der Waals surface area contributed by atoms with Gasteiger partial charge in [-0.25, -0.2) is 0 Å².